The van der Waals surface area contributed by atoms with E-state index < -0.39 is 6.10 Å². The Kier molecular flexibility index (Phi) is 6.08. The van der Waals surface area contributed by atoms with Crippen molar-refractivity contribution in [2.45, 2.75) is 32.5 Å². The Morgan fingerprint density at radius 2 is 2.04 bits per heavy atom. The van der Waals surface area contributed by atoms with Crippen LogP contribution in [0.25, 0.3) is 0 Å². The first-order valence-corrected chi connectivity index (χ1v) is 9.01. The van der Waals surface area contributed by atoms with Gasteiger partial charge in [0.05, 0.1) is 0 Å². The molecule has 0 saturated carbocycles. The van der Waals surface area contributed by atoms with Crippen LogP contribution in [0.5, 0.6) is 5.75 Å². The SMILES string of the molecule is CCC1Oc2ccc(NC(=O)COC)cc2CN(Cc2ccccc2)C1=O. The maximum atomic E-state index is 12.9. The number of nitrogens with one attached hydrogen (secondary N) is 1. The molecule has 0 radical (unpaired) electrons. The number of amides is 2. The van der Waals surface area contributed by atoms with Gasteiger partial charge in [-0.25, -0.2) is 0 Å². The molecular formula is C21H24N2O4. The number of hydrogen-bond acceptors (Lipinski definition) is 4. The number of benzene rings is 2. The maximum absolute atomic E-state index is 12.9. The molecule has 2 amide bonds. The van der Waals surface area contributed by atoms with Crippen LogP contribution in [-0.4, -0.2) is 36.5 Å². The van der Waals surface area contributed by atoms with Crippen LogP contribution in [-0.2, 0) is 27.4 Å². The van der Waals surface area contributed by atoms with Crippen molar-refractivity contribution in [3.8, 4) is 5.75 Å². The number of anilines is 1. The van der Waals surface area contributed by atoms with Gasteiger partial charge in [0.2, 0.25) is 5.91 Å². The average molecular weight is 368 g/mol. The zero-order valence-corrected chi connectivity index (χ0v) is 15.6. The zero-order chi connectivity index (χ0) is 19.2. The van der Waals surface area contributed by atoms with E-state index in [1.54, 1.807) is 17.0 Å². The summed E-state index contributed by atoms with van der Waals surface area (Å²) in [4.78, 5) is 26.5. The highest BCUT2D eigenvalue weighted by molar-refractivity contribution is 5.92. The summed E-state index contributed by atoms with van der Waals surface area (Å²) >= 11 is 0. The molecule has 1 unspecified atom stereocenters. The summed E-state index contributed by atoms with van der Waals surface area (Å²) in [6.07, 6.45) is 0.0829. The quantitative estimate of drug-likeness (QED) is 0.851. The normalized spacial score (nSPS) is 16.3. The zero-order valence-electron chi connectivity index (χ0n) is 15.6. The lowest BCUT2D eigenvalue weighted by atomic mass is 10.1. The van der Waals surface area contributed by atoms with Crippen molar-refractivity contribution in [1.82, 2.24) is 4.90 Å². The van der Waals surface area contributed by atoms with E-state index in [0.29, 0.717) is 30.9 Å². The Balaban J connectivity index is 1.86. The summed E-state index contributed by atoms with van der Waals surface area (Å²) in [7, 11) is 1.47. The fraction of sp³-hybridized carbons (Fsp3) is 0.333. The van der Waals surface area contributed by atoms with Gasteiger partial charge in [-0.1, -0.05) is 37.3 Å². The van der Waals surface area contributed by atoms with Crippen LogP contribution in [0.3, 0.4) is 0 Å². The standard InChI is InChI=1S/C21H24N2O4/c1-3-18-21(25)23(12-15-7-5-4-6-8-15)13-16-11-17(9-10-19(16)27-18)22-20(24)14-26-2/h4-11,18H,3,12-14H2,1-2H3,(H,22,24). The number of carbonyl (C=O) groups is 2. The molecule has 0 aromatic heterocycles. The molecule has 0 spiro atoms. The van der Waals surface area contributed by atoms with Crippen LogP contribution in [0.1, 0.15) is 24.5 Å². The molecule has 0 bridgehead atoms. The number of rotatable bonds is 6. The predicted molar refractivity (Wildman–Crippen MR) is 102 cm³/mol. The van der Waals surface area contributed by atoms with Gasteiger partial charge in [0, 0.05) is 31.5 Å². The van der Waals surface area contributed by atoms with Gasteiger partial charge in [-0.2, -0.15) is 0 Å². The molecule has 0 saturated heterocycles. The first kappa shape index (κ1) is 18.9. The van der Waals surface area contributed by atoms with E-state index in [2.05, 4.69) is 5.32 Å². The Bertz CT molecular complexity index is 807. The maximum Gasteiger partial charge on any atom is 0.264 e. The minimum absolute atomic E-state index is 0.00981. The predicted octanol–water partition coefficient (Wildman–Crippen LogP) is 2.97. The lowest BCUT2D eigenvalue weighted by Gasteiger charge is -2.23. The second kappa shape index (κ2) is 8.68. The number of carbonyl (C=O) groups excluding carboxylic acids is 2. The first-order chi connectivity index (χ1) is 13.1. The summed E-state index contributed by atoms with van der Waals surface area (Å²) in [5, 5.41) is 2.79. The molecule has 1 aliphatic heterocycles. The molecule has 2 aromatic carbocycles. The van der Waals surface area contributed by atoms with Crippen molar-refractivity contribution in [3.05, 3.63) is 59.7 Å². The first-order valence-electron chi connectivity index (χ1n) is 9.01. The van der Waals surface area contributed by atoms with Crippen LogP contribution in [0.4, 0.5) is 5.69 Å². The summed E-state index contributed by atoms with van der Waals surface area (Å²) < 4.78 is 10.8. The van der Waals surface area contributed by atoms with E-state index in [1.165, 1.54) is 7.11 Å². The summed E-state index contributed by atoms with van der Waals surface area (Å²) in [5.74, 6) is 0.425. The number of fused-ring (bicyclic) bond motifs is 1. The third-order valence-corrected chi connectivity index (χ3v) is 4.42. The molecule has 6 nitrogen and oxygen atoms in total. The number of hydrogen-bond donors (Lipinski definition) is 1. The molecule has 1 atom stereocenters. The van der Waals surface area contributed by atoms with Crippen LogP contribution in [0.2, 0.25) is 0 Å². The van der Waals surface area contributed by atoms with Crippen molar-refractivity contribution >= 4 is 17.5 Å². The fourth-order valence-electron chi connectivity index (χ4n) is 3.11. The minimum atomic E-state index is -0.510. The van der Waals surface area contributed by atoms with Gasteiger partial charge < -0.3 is 19.7 Å². The average Bonchev–Trinajstić information content (AvgIpc) is 2.79. The summed E-state index contributed by atoms with van der Waals surface area (Å²) in [5.41, 5.74) is 2.58. The van der Waals surface area contributed by atoms with Crippen LogP contribution >= 0.6 is 0 Å². The third-order valence-electron chi connectivity index (χ3n) is 4.42. The molecule has 0 aliphatic carbocycles. The highest BCUT2D eigenvalue weighted by atomic mass is 16.5. The Labute approximate surface area is 159 Å². The van der Waals surface area contributed by atoms with E-state index in [4.69, 9.17) is 9.47 Å². The molecule has 6 heteroatoms. The second-order valence-corrected chi connectivity index (χ2v) is 6.50. The fourth-order valence-corrected chi connectivity index (χ4v) is 3.11. The van der Waals surface area contributed by atoms with E-state index in [-0.39, 0.29) is 18.4 Å². The van der Waals surface area contributed by atoms with Gasteiger partial charge in [-0.3, -0.25) is 9.59 Å². The molecule has 1 heterocycles. The molecule has 1 aliphatic rings. The van der Waals surface area contributed by atoms with Gasteiger partial charge in [-0.05, 0) is 30.2 Å². The molecule has 1 N–H and O–H groups in total. The lowest BCUT2D eigenvalue weighted by Crippen LogP contribution is -2.38. The highest BCUT2D eigenvalue weighted by Crippen LogP contribution is 2.30. The van der Waals surface area contributed by atoms with E-state index in [0.717, 1.165) is 11.1 Å². The van der Waals surface area contributed by atoms with Crippen molar-refractivity contribution in [1.29, 1.82) is 0 Å². The highest BCUT2D eigenvalue weighted by Gasteiger charge is 2.30. The van der Waals surface area contributed by atoms with Crippen molar-refractivity contribution in [2.75, 3.05) is 19.0 Å². The van der Waals surface area contributed by atoms with Crippen LogP contribution in [0.15, 0.2) is 48.5 Å². The largest absolute Gasteiger partial charge is 0.480 e. The van der Waals surface area contributed by atoms with Gasteiger partial charge in [0.15, 0.2) is 6.10 Å². The Hall–Kier alpha value is -2.86. The monoisotopic (exact) mass is 368 g/mol. The number of methoxy groups -OCH3 is 1. The Morgan fingerprint density at radius 1 is 1.26 bits per heavy atom. The minimum Gasteiger partial charge on any atom is -0.480 e. The summed E-state index contributed by atoms with van der Waals surface area (Å²) in [6.45, 7) is 2.87. The van der Waals surface area contributed by atoms with Crippen molar-refractivity contribution in [3.63, 3.8) is 0 Å². The molecule has 27 heavy (non-hydrogen) atoms. The topological polar surface area (TPSA) is 67.9 Å². The van der Waals surface area contributed by atoms with E-state index in [9.17, 15) is 9.59 Å². The third kappa shape index (κ3) is 4.65. The van der Waals surface area contributed by atoms with E-state index in [1.807, 2.05) is 43.3 Å². The van der Waals surface area contributed by atoms with Crippen LogP contribution < -0.4 is 10.1 Å². The lowest BCUT2D eigenvalue weighted by molar-refractivity contribution is -0.139. The van der Waals surface area contributed by atoms with Crippen molar-refractivity contribution in [2.24, 2.45) is 0 Å². The smallest absolute Gasteiger partial charge is 0.264 e. The molecule has 142 valence electrons. The molecule has 2 aromatic rings. The van der Waals surface area contributed by atoms with Gasteiger partial charge in [0.25, 0.3) is 5.91 Å². The molecular weight excluding hydrogens is 344 g/mol. The van der Waals surface area contributed by atoms with Gasteiger partial charge >= 0.3 is 0 Å². The second-order valence-electron chi connectivity index (χ2n) is 6.50. The number of ether oxygens (including phenoxy) is 2. The van der Waals surface area contributed by atoms with Gasteiger partial charge in [-0.15, -0.1) is 0 Å². The molecule has 3 rings (SSSR count). The molecule has 0 fully saturated rings. The van der Waals surface area contributed by atoms with Gasteiger partial charge in [0.1, 0.15) is 12.4 Å². The van der Waals surface area contributed by atoms with E-state index >= 15 is 0 Å². The summed E-state index contributed by atoms with van der Waals surface area (Å²) in [6, 6.07) is 15.3. The van der Waals surface area contributed by atoms with Crippen molar-refractivity contribution < 1.29 is 19.1 Å². The Morgan fingerprint density at radius 3 is 2.74 bits per heavy atom. The van der Waals surface area contributed by atoms with Crippen LogP contribution in [0, 0.1) is 0 Å². The number of nitrogens with zero attached hydrogens (tertiary/aromatic N) is 1.